The first-order valence-electron chi connectivity index (χ1n) is 7.95. The molecule has 1 fully saturated rings. The molecule has 1 aliphatic rings. The zero-order valence-corrected chi connectivity index (χ0v) is 12.6. The number of amides is 1. The van der Waals surface area contributed by atoms with E-state index in [1.54, 1.807) is 0 Å². The molecule has 1 aliphatic carbocycles. The smallest absolute Gasteiger partial charge is 0.272 e. The van der Waals surface area contributed by atoms with Gasteiger partial charge in [0.2, 0.25) is 0 Å². The molecule has 1 aromatic heterocycles. The van der Waals surface area contributed by atoms with Crippen molar-refractivity contribution in [2.24, 2.45) is 11.8 Å². The minimum atomic E-state index is -0.0729. The van der Waals surface area contributed by atoms with Gasteiger partial charge in [-0.3, -0.25) is 9.89 Å². The molecule has 0 radical (unpaired) electrons. The molecule has 1 aromatic carbocycles. The van der Waals surface area contributed by atoms with Crippen LogP contribution in [0.25, 0.3) is 10.9 Å². The predicted octanol–water partition coefficient (Wildman–Crippen LogP) is 3.51. The molecule has 21 heavy (non-hydrogen) atoms. The average Bonchev–Trinajstić information content (AvgIpc) is 2.91. The van der Waals surface area contributed by atoms with Crippen LogP contribution in [0.2, 0.25) is 0 Å². The molecule has 0 bridgehead atoms. The second-order valence-electron chi connectivity index (χ2n) is 6.30. The Morgan fingerprint density at radius 3 is 3.10 bits per heavy atom. The zero-order valence-electron chi connectivity index (χ0n) is 12.6. The van der Waals surface area contributed by atoms with Crippen molar-refractivity contribution >= 4 is 16.8 Å². The number of para-hydroxylation sites is 1. The van der Waals surface area contributed by atoms with Gasteiger partial charge in [-0.2, -0.15) is 5.10 Å². The molecule has 0 spiro atoms. The lowest BCUT2D eigenvalue weighted by atomic mass is 9.81. The van der Waals surface area contributed by atoms with Gasteiger partial charge in [0.15, 0.2) is 5.69 Å². The van der Waals surface area contributed by atoms with Gasteiger partial charge in [0.25, 0.3) is 5.91 Å². The molecule has 2 atom stereocenters. The van der Waals surface area contributed by atoms with Crippen molar-refractivity contribution < 1.29 is 4.79 Å². The van der Waals surface area contributed by atoms with E-state index in [4.69, 9.17) is 0 Å². The van der Waals surface area contributed by atoms with Gasteiger partial charge in [0.1, 0.15) is 0 Å². The summed E-state index contributed by atoms with van der Waals surface area (Å²) in [6, 6.07) is 7.73. The molecular formula is C17H23N3O. The van der Waals surface area contributed by atoms with Gasteiger partial charge < -0.3 is 5.32 Å². The summed E-state index contributed by atoms with van der Waals surface area (Å²) in [5.41, 5.74) is 1.41. The van der Waals surface area contributed by atoms with Gasteiger partial charge in [-0.15, -0.1) is 0 Å². The third-order valence-electron chi connectivity index (χ3n) is 4.57. The number of fused-ring (bicyclic) bond motifs is 1. The molecule has 112 valence electrons. The number of hydrogen-bond acceptors (Lipinski definition) is 2. The van der Waals surface area contributed by atoms with Crippen LogP contribution < -0.4 is 5.32 Å². The number of aromatic amines is 1. The number of carbonyl (C=O) groups is 1. The number of carbonyl (C=O) groups excluding carboxylic acids is 1. The summed E-state index contributed by atoms with van der Waals surface area (Å²) in [5, 5.41) is 10.9. The molecule has 1 amide bonds. The molecule has 2 unspecified atom stereocenters. The Morgan fingerprint density at radius 2 is 2.24 bits per heavy atom. The Morgan fingerprint density at radius 1 is 1.38 bits per heavy atom. The fourth-order valence-corrected chi connectivity index (χ4v) is 3.43. The first kappa shape index (κ1) is 14.1. The largest absolute Gasteiger partial charge is 0.351 e. The number of hydrogen-bond donors (Lipinski definition) is 2. The molecular weight excluding hydrogens is 262 g/mol. The molecule has 4 nitrogen and oxygen atoms in total. The maximum atomic E-state index is 12.2. The molecule has 4 heteroatoms. The van der Waals surface area contributed by atoms with Crippen LogP contribution in [-0.2, 0) is 0 Å². The lowest BCUT2D eigenvalue weighted by Crippen LogP contribution is -2.27. The van der Waals surface area contributed by atoms with Gasteiger partial charge >= 0.3 is 0 Å². The van der Waals surface area contributed by atoms with Crippen LogP contribution in [-0.4, -0.2) is 22.6 Å². The molecule has 0 aliphatic heterocycles. The highest BCUT2D eigenvalue weighted by Crippen LogP contribution is 2.30. The van der Waals surface area contributed by atoms with E-state index in [1.165, 1.54) is 25.7 Å². The normalized spacial score (nSPS) is 22.3. The Labute approximate surface area is 125 Å². The molecule has 1 saturated carbocycles. The number of H-pyrrole nitrogens is 1. The predicted molar refractivity (Wildman–Crippen MR) is 84.2 cm³/mol. The van der Waals surface area contributed by atoms with Crippen molar-refractivity contribution in [2.45, 2.75) is 39.0 Å². The third-order valence-corrected chi connectivity index (χ3v) is 4.57. The average molecular weight is 285 g/mol. The van der Waals surface area contributed by atoms with Crippen LogP contribution in [0.4, 0.5) is 0 Å². The van der Waals surface area contributed by atoms with Crippen LogP contribution in [0.15, 0.2) is 24.3 Å². The lowest BCUT2D eigenvalue weighted by Gasteiger charge is -2.26. The van der Waals surface area contributed by atoms with Crippen molar-refractivity contribution in [3.63, 3.8) is 0 Å². The number of aromatic nitrogens is 2. The van der Waals surface area contributed by atoms with Crippen molar-refractivity contribution in [1.82, 2.24) is 15.5 Å². The van der Waals surface area contributed by atoms with E-state index in [1.807, 2.05) is 24.3 Å². The highest BCUT2D eigenvalue weighted by atomic mass is 16.1. The van der Waals surface area contributed by atoms with Crippen molar-refractivity contribution in [1.29, 1.82) is 0 Å². The molecule has 0 saturated heterocycles. The van der Waals surface area contributed by atoms with Gasteiger partial charge in [0, 0.05) is 11.9 Å². The molecule has 2 aromatic rings. The van der Waals surface area contributed by atoms with Crippen LogP contribution in [0.5, 0.6) is 0 Å². The van der Waals surface area contributed by atoms with Crippen molar-refractivity contribution in [3.05, 3.63) is 30.0 Å². The van der Waals surface area contributed by atoms with Crippen molar-refractivity contribution in [2.75, 3.05) is 6.54 Å². The van der Waals surface area contributed by atoms with E-state index in [9.17, 15) is 4.79 Å². The fraction of sp³-hybridized carbons (Fsp3) is 0.529. The summed E-state index contributed by atoms with van der Waals surface area (Å²) in [4.78, 5) is 12.2. The van der Waals surface area contributed by atoms with E-state index in [-0.39, 0.29) is 5.91 Å². The Hall–Kier alpha value is -1.84. The zero-order chi connectivity index (χ0) is 14.7. The van der Waals surface area contributed by atoms with Crippen LogP contribution in [0, 0.1) is 11.8 Å². The van der Waals surface area contributed by atoms with E-state index in [0.717, 1.165) is 35.7 Å². The second kappa shape index (κ2) is 6.29. The standard InChI is InChI=1S/C17H23N3O/c1-12-5-4-6-13(11-12)9-10-18-17(21)16-14-7-2-3-8-15(14)19-20-16/h2-3,7-8,12-13H,4-6,9-11H2,1H3,(H,18,21)(H,19,20). The Balaban J connectivity index is 1.54. The van der Waals surface area contributed by atoms with Crippen LogP contribution in [0.1, 0.15) is 49.5 Å². The van der Waals surface area contributed by atoms with E-state index >= 15 is 0 Å². The lowest BCUT2D eigenvalue weighted by molar-refractivity contribution is 0.0946. The SMILES string of the molecule is CC1CCCC(CCNC(=O)c2n[nH]c3ccccc23)C1. The van der Waals surface area contributed by atoms with E-state index in [2.05, 4.69) is 22.4 Å². The first-order valence-corrected chi connectivity index (χ1v) is 7.95. The maximum absolute atomic E-state index is 12.2. The van der Waals surface area contributed by atoms with Gasteiger partial charge in [0.05, 0.1) is 5.52 Å². The highest BCUT2D eigenvalue weighted by molar-refractivity contribution is 6.04. The quantitative estimate of drug-likeness (QED) is 0.903. The summed E-state index contributed by atoms with van der Waals surface area (Å²) in [6.45, 7) is 3.08. The van der Waals surface area contributed by atoms with Crippen LogP contribution >= 0.6 is 0 Å². The summed E-state index contributed by atoms with van der Waals surface area (Å²) in [7, 11) is 0. The van der Waals surface area contributed by atoms with Crippen molar-refractivity contribution in [3.8, 4) is 0 Å². The minimum Gasteiger partial charge on any atom is -0.351 e. The van der Waals surface area contributed by atoms with Gasteiger partial charge in [-0.25, -0.2) is 0 Å². The minimum absolute atomic E-state index is 0.0729. The number of benzene rings is 1. The maximum Gasteiger partial charge on any atom is 0.272 e. The summed E-state index contributed by atoms with van der Waals surface area (Å²) in [6.07, 6.45) is 6.40. The van der Waals surface area contributed by atoms with E-state index < -0.39 is 0 Å². The topological polar surface area (TPSA) is 57.8 Å². The Bertz CT molecular complexity index is 619. The first-order chi connectivity index (χ1) is 10.2. The van der Waals surface area contributed by atoms with Gasteiger partial charge in [-0.1, -0.05) is 44.4 Å². The highest BCUT2D eigenvalue weighted by Gasteiger charge is 2.19. The van der Waals surface area contributed by atoms with Gasteiger partial charge in [-0.05, 0) is 30.7 Å². The number of rotatable bonds is 4. The second-order valence-corrected chi connectivity index (χ2v) is 6.30. The monoisotopic (exact) mass is 285 g/mol. The number of nitrogens with one attached hydrogen (secondary N) is 2. The summed E-state index contributed by atoms with van der Waals surface area (Å²) < 4.78 is 0. The summed E-state index contributed by atoms with van der Waals surface area (Å²) in [5.74, 6) is 1.54. The third kappa shape index (κ3) is 3.26. The van der Waals surface area contributed by atoms with Crippen LogP contribution in [0.3, 0.4) is 0 Å². The number of nitrogens with zero attached hydrogens (tertiary/aromatic N) is 1. The fourth-order valence-electron chi connectivity index (χ4n) is 3.43. The molecule has 3 rings (SSSR count). The Kier molecular flexibility index (Phi) is 4.23. The van der Waals surface area contributed by atoms with E-state index in [0.29, 0.717) is 5.69 Å². The molecule has 2 N–H and O–H groups in total. The summed E-state index contributed by atoms with van der Waals surface area (Å²) >= 11 is 0. The molecule has 1 heterocycles.